The highest BCUT2D eigenvalue weighted by molar-refractivity contribution is 5.76. The van der Waals surface area contributed by atoms with E-state index < -0.39 is 0 Å². The van der Waals surface area contributed by atoms with Crippen molar-refractivity contribution in [2.24, 2.45) is 0 Å². The Morgan fingerprint density at radius 1 is 1.47 bits per heavy atom. The third-order valence-corrected chi connectivity index (χ3v) is 3.20. The van der Waals surface area contributed by atoms with E-state index in [0.29, 0.717) is 13.0 Å². The zero-order valence-electron chi connectivity index (χ0n) is 9.88. The number of nitrogens with one attached hydrogen (secondary N) is 1. The Morgan fingerprint density at radius 3 is 3.00 bits per heavy atom. The molecule has 1 aromatic rings. The molecule has 0 saturated heterocycles. The maximum absolute atomic E-state index is 11.7. The Labute approximate surface area is 101 Å². The summed E-state index contributed by atoms with van der Waals surface area (Å²) in [5.74, 6) is -0.00792. The smallest absolute Gasteiger partial charge is 0.222 e. The summed E-state index contributed by atoms with van der Waals surface area (Å²) >= 11 is 0. The quantitative estimate of drug-likeness (QED) is 0.809. The molecule has 0 spiro atoms. The highest BCUT2D eigenvalue weighted by atomic mass is 16.3. The van der Waals surface area contributed by atoms with Crippen molar-refractivity contribution < 1.29 is 9.90 Å². The van der Waals surface area contributed by atoms with Crippen LogP contribution in [0.2, 0.25) is 0 Å². The largest absolute Gasteiger partial charge is 0.391 e. The molecule has 1 aliphatic carbocycles. The first-order valence-electron chi connectivity index (χ1n) is 6.20. The van der Waals surface area contributed by atoms with Crippen LogP contribution in [0.4, 0.5) is 0 Å². The van der Waals surface area contributed by atoms with E-state index in [0.717, 1.165) is 25.7 Å². The summed E-state index contributed by atoms with van der Waals surface area (Å²) in [4.78, 5) is 11.7. The molecule has 5 heteroatoms. The van der Waals surface area contributed by atoms with E-state index >= 15 is 0 Å². The van der Waals surface area contributed by atoms with Crippen molar-refractivity contribution in [3.8, 4) is 0 Å². The first-order chi connectivity index (χ1) is 8.25. The lowest BCUT2D eigenvalue weighted by atomic mass is 9.92. The predicted molar refractivity (Wildman–Crippen MR) is 63.2 cm³/mol. The number of nitrogens with zero attached hydrogens (tertiary/aromatic N) is 2. The van der Waals surface area contributed by atoms with E-state index in [1.807, 2.05) is 12.3 Å². The van der Waals surface area contributed by atoms with Crippen LogP contribution in [0.1, 0.15) is 32.1 Å². The lowest BCUT2D eigenvalue weighted by molar-refractivity contribution is -0.123. The van der Waals surface area contributed by atoms with Crippen molar-refractivity contribution in [1.29, 1.82) is 0 Å². The molecule has 0 unspecified atom stereocenters. The van der Waals surface area contributed by atoms with Crippen LogP contribution in [0.5, 0.6) is 0 Å². The second-order valence-electron chi connectivity index (χ2n) is 4.54. The number of hydrogen-bond acceptors (Lipinski definition) is 3. The van der Waals surface area contributed by atoms with Gasteiger partial charge in [-0.05, 0) is 18.9 Å². The minimum absolute atomic E-state index is 0.00792. The van der Waals surface area contributed by atoms with Crippen LogP contribution in [0, 0.1) is 0 Å². The summed E-state index contributed by atoms with van der Waals surface area (Å²) in [6.45, 7) is 0.585. The molecule has 1 heterocycles. The van der Waals surface area contributed by atoms with Crippen LogP contribution in [0.3, 0.4) is 0 Å². The van der Waals surface area contributed by atoms with Gasteiger partial charge in [-0.1, -0.05) is 12.8 Å². The van der Waals surface area contributed by atoms with Gasteiger partial charge in [0.25, 0.3) is 0 Å². The molecule has 1 saturated carbocycles. The lowest BCUT2D eigenvalue weighted by Gasteiger charge is -2.28. The molecule has 2 rings (SSSR count). The van der Waals surface area contributed by atoms with Gasteiger partial charge < -0.3 is 10.4 Å². The average Bonchev–Trinajstić information content (AvgIpc) is 2.82. The van der Waals surface area contributed by atoms with Crippen molar-refractivity contribution in [2.45, 2.75) is 50.8 Å². The van der Waals surface area contributed by atoms with E-state index in [1.165, 1.54) is 0 Å². The van der Waals surface area contributed by atoms with Crippen LogP contribution in [0.25, 0.3) is 0 Å². The fourth-order valence-corrected chi connectivity index (χ4v) is 2.21. The van der Waals surface area contributed by atoms with Crippen LogP contribution in [-0.4, -0.2) is 32.9 Å². The van der Waals surface area contributed by atoms with E-state index in [4.69, 9.17) is 0 Å². The SMILES string of the molecule is O=C(CCn1cccn1)N[C@H]1CCCC[C@@H]1O. The maximum Gasteiger partial charge on any atom is 0.222 e. The number of carbonyl (C=O) groups is 1. The Balaban J connectivity index is 1.73. The molecule has 0 aromatic carbocycles. The van der Waals surface area contributed by atoms with Gasteiger partial charge in [-0.15, -0.1) is 0 Å². The minimum Gasteiger partial charge on any atom is -0.391 e. The molecule has 0 radical (unpaired) electrons. The van der Waals surface area contributed by atoms with Gasteiger partial charge in [0.2, 0.25) is 5.91 Å². The third-order valence-electron chi connectivity index (χ3n) is 3.20. The van der Waals surface area contributed by atoms with E-state index in [2.05, 4.69) is 10.4 Å². The summed E-state index contributed by atoms with van der Waals surface area (Å²) in [5, 5.41) is 16.7. The molecular formula is C12H19N3O2. The minimum atomic E-state index is -0.377. The topological polar surface area (TPSA) is 67.2 Å². The Kier molecular flexibility index (Phi) is 4.14. The molecule has 1 aliphatic rings. The predicted octanol–water partition coefficient (Wildman–Crippen LogP) is 0.693. The molecule has 1 fully saturated rings. The van der Waals surface area contributed by atoms with E-state index in [-0.39, 0.29) is 18.1 Å². The van der Waals surface area contributed by atoms with Crippen LogP contribution < -0.4 is 5.32 Å². The molecule has 17 heavy (non-hydrogen) atoms. The summed E-state index contributed by atoms with van der Waals surface area (Å²) < 4.78 is 1.73. The van der Waals surface area contributed by atoms with Crippen molar-refractivity contribution >= 4 is 5.91 Å². The second-order valence-corrected chi connectivity index (χ2v) is 4.54. The standard InChI is InChI=1S/C12H19N3O2/c16-11-5-2-1-4-10(11)14-12(17)6-9-15-8-3-7-13-15/h3,7-8,10-11,16H,1-2,4-6,9H2,(H,14,17)/t10-,11-/m0/s1. The fourth-order valence-electron chi connectivity index (χ4n) is 2.21. The van der Waals surface area contributed by atoms with E-state index in [9.17, 15) is 9.90 Å². The average molecular weight is 237 g/mol. The van der Waals surface area contributed by atoms with Crippen molar-refractivity contribution in [3.05, 3.63) is 18.5 Å². The highest BCUT2D eigenvalue weighted by Gasteiger charge is 2.24. The molecule has 0 aliphatic heterocycles. The Hall–Kier alpha value is -1.36. The Morgan fingerprint density at radius 2 is 2.29 bits per heavy atom. The van der Waals surface area contributed by atoms with Crippen molar-refractivity contribution in [2.75, 3.05) is 0 Å². The number of rotatable bonds is 4. The zero-order chi connectivity index (χ0) is 12.1. The first kappa shape index (κ1) is 12.1. The highest BCUT2D eigenvalue weighted by Crippen LogP contribution is 2.18. The number of aliphatic hydroxyl groups is 1. The second kappa shape index (κ2) is 5.82. The Bertz CT molecular complexity index is 351. The summed E-state index contributed by atoms with van der Waals surface area (Å²) in [5.41, 5.74) is 0. The summed E-state index contributed by atoms with van der Waals surface area (Å²) in [6, 6.07) is 1.77. The van der Waals surface area contributed by atoms with Crippen LogP contribution >= 0.6 is 0 Å². The molecule has 1 amide bonds. The lowest BCUT2D eigenvalue weighted by Crippen LogP contribution is -2.45. The molecule has 5 nitrogen and oxygen atoms in total. The summed E-state index contributed by atoms with van der Waals surface area (Å²) in [7, 11) is 0. The van der Waals surface area contributed by atoms with Gasteiger partial charge in [-0.25, -0.2) is 0 Å². The van der Waals surface area contributed by atoms with Gasteiger partial charge in [-0.3, -0.25) is 9.48 Å². The van der Waals surface area contributed by atoms with Gasteiger partial charge in [0.1, 0.15) is 0 Å². The fraction of sp³-hybridized carbons (Fsp3) is 0.667. The molecule has 2 atom stereocenters. The molecule has 1 aromatic heterocycles. The van der Waals surface area contributed by atoms with E-state index in [1.54, 1.807) is 10.9 Å². The molecule has 2 N–H and O–H groups in total. The van der Waals surface area contributed by atoms with Gasteiger partial charge in [0, 0.05) is 25.4 Å². The third kappa shape index (κ3) is 3.56. The van der Waals surface area contributed by atoms with Gasteiger partial charge in [-0.2, -0.15) is 5.10 Å². The van der Waals surface area contributed by atoms with Crippen molar-refractivity contribution in [1.82, 2.24) is 15.1 Å². The number of aromatic nitrogens is 2. The molecular weight excluding hydrogens is 218 g/mol. The van der Waals surface area contributed by atoms with Gasteiger partial charge in [0.05, 0.1) is 12.1 Å². The summed E-state index contributed by atoms with van der Waals surface area (Å²) in [6.07, 6.45) is 7.38. The number of hydrogen-bond donors (Lipinski definition) is 2. The number of carbonyl (C=O) groups excluding carboxylic acids is 1. The first-order valence-corrected chi connectivity index (χ1v) is 6.20. The number of aliphatic hydroxyl groups excluding tert-OH is 1. The zero-order valence-corrected chi connectivity index (χ0v) is 9.88. The normalized spacial score (nSPS) is 24.5. The van der Waals surface area contributed by atoms with Crippen LogP contribution in [0.15, 0.2) is 18.5 Å². The van der Waals surface area contributed by atoms with Gasteiger partial charge >= 0.3 is 0 Å². The van der Waals surface area contributed by atoms with Gasteiger partial charge in [0.15, 0.2) is 0 Å². The van der Waals surface area contributed by atoms with Crippen molar-refractivity contribution in [3.63, 3.8) is 0 Å². The number of aryl methyl sites for hydroxylation is 1. The number of amides is 1. The maximum atomic E-state index is 11.7. The molecule has 0 bridgehead atoms. The monoisotopic (exact) mass is 237 g/mol. The molecule has 94 valence electrons. The van der Waals surface area contributed by atoms with Crippen LogP contribution in [-0.2, 0) is 11.3 Å².